The quantitative estimate of drug-likeness (QED) is 0.458. The van der Waals surface area contributed by atoms with E-state index in [9.17, 15) is 14.4 Å². The molecule has 4 rings (SSSR count). The van der Waals surface area contributed by atoms with Crippen molar-refractivity contribution in [3.8, 4) is 11.4 Å². The molecule has 3 aromatic rings. The van der Waals surface area contributed by atoms with Crippen LogP contribution in [0.4, 0.5) is 4.79 Å². The van der Waals surface area contributed by atoms with Crippen molar-refractivity contribution in [1.82, 2.24) is 14.9 Å². The first-order chi connectivity index (χ1) is 14.9. The SMILES string of the molecule is Cc1nc(-c2ccccc2)n(C)c1CCC(=O)c1ccc(C=C2SC(=O)NC2=O)cc1. The van der Waals surface area contributed by atoms with Crippen molar-refractivity contribution in [1.29, 1.82) is 0 Å². The van der Waals surface area contributed by atoms with Gasteiger partial charge < -0.3 is 4.57 Å². The van der Waals surface area contributed by atoms with E-state index < -0.39 is 5.91 Å². The number of imide groups is 1. The molecule has 31 heavy (non-hydrogen) atoms. The maximum atomic E-state index is 12.7. The van der Waals surface area contributed by atoms with Crippen LogP contribution < -0.4 is 5.32 Å². The second-order valence-electron chi connectivity index (χ2n) is 7.29. The Labute approximate surface area is 184 Å². The number of hydrogen-bond acceptors (Lipinski definition) is 5. The van der Waals surface area contributed by atoms with Crippen LogP contribution in [0.2, 0.25) is 0 Å². The highest BCUT2D eigenvalue weighted by molar-refractivity contribution is 8.18. The molecule has 0 bridgehead atoms. The Balaban J connectivity index is 1.44. The summed E-state index contributed by atoms with van der Waals surface area (Å²) in [7, 11) is 1.98. The fourth-order valence-electron chi connectivity index (χ4n) is 3.58. The van der Waals surface area contributed by atoms with E-state index in [4.69, 9.17) is 0 Å². The van der Waals surface area contributed by atoms with Gasteiger partial charge in [0, 0.05) is 30.3 Å². The van der Waals surface area contributed by atoms with Crippen LogP contribution in [0.3, 0.4) is 0 Å². The van der Waals surface area contributed by atoms with Crippen LogP contribution in [0.5, 0.6) is 0 Å². The average Bonchev–Trinajstić information content (AvgIpc) is 3.24. The Hall–Kier alpha value is -3.45. The van der Waals surface area contributed by atoms with Crippen molar-refractivity contribution >= 4 is 34.8 Å². The van der Waals surface area contributed by atoms with Crippen LogP contribution in [0.1, 0.15) is 33.7 Å². The summed E-state index contributed by atoms with van der Waals surface area (Å²) >= 11 is 0.874. The minimum atomic E-state index is -0.392. The number of nitrogens with one attached hydrogen (secondary N) is 1. The number of aryl methyl sites for hydroxylation is 1. The predicted octanol–water partition coefficient (Wildman–Crippen LogP) is 4.53. The number of thioether (sulfide) groups is 1. The monoisotopic (exact) mass is 431 g/mol. The number of benzene rings is 2. The van der Waals surface area contributed by atoms with Gasteiger partial charge >= 0.3 is 0 Å². The van der Waals surface area contributed by atoms with Crippen LogP contribution in [0.15, 0.2) is 59.5 Å². The summed E-state index contributed by atoms with van der Waals surface area (Å²) in [6.07, 6.45) is 2.62. The molecule has 1 aliphatic heterocycles. The number of aromatic nitrogens is 2. The zero-order chi connectivity index (χ0) is 22.0. The second kappa shape index (κ2) is 8.73. The van der Waals surface area contributed by atoms with Crippen molar-refractivity contribution in [2.24, 2.45) is 7.05 Å². The molecule has 0 aliphatic carbocycles. The number of rotatable bonds is 6. The molecule has 2 aromatic carbocycles. The molecule has 6 nitrogen and oxygen atoms in total. The molecule has 0 unspecified atom stereocenters. The molecule has 1 aromatic heterocycles. The normalized spacial score (nSPS) is 14.8. The highest BCUT2D eigenvalue weighted by atomic mass is 32.2. The number of Topliss-reactive ketones (excluding diaryl/α,β-unsaturated/α-hetero) is 1. The van der Waals surface area contributed by atoms with Crippen LogP contribution in [-0.2, 0) is 18.3 Å². The van der Waals surface area contributed by atoms with Crippen molar-refractivity contribution in [2.75, 3.05) is 0 Å². The Morgan fingerprint density at radius 2 is 1.81 bits per heavy atom. The van der Waals surface area contributed by atoms with Crippen molar-refractivity contribution < 1.29 is 14.4 Å². The third kappa shape index (κ3) is 4.51. The molecule has 0 spiro atoms. The van der Waals surface area contributed by atoms with E-state index in [1.807, 2.05) is 44.3 Å². The third-order valence-electron chi connectivity index (χ3n) is 5.21. The molecular formula is C24H21N3O3S. The van der Waals surface area contributed by atoms with Crippen molar-refractivity contribution in [2.45, 2.75) is 19.8 Å². The molecule has 0 radical (unpaired) electrons. The topological polar surface area (TPSA) is 81.1 Å². The number of hydrogen-bond donors (Lipinski definition) is 1. The van der Waals surface area contributed by atoms with Gasteiger partial charge in [0.15, 0.2) is 5.78 Å². The van der Waals surface area contributed by atoms with E-state index in [0.29, 0.717) is 23.3 Å². The highest BCUT2D eigenvalue weighted by Crippen LogP contribution is 2.26. The number of ketones is 1. The van der Waals surface area contributed by atoms with Gasteiger partial charge in [-0.1, -0.05) is 54.6 Å². The van der Waals surface area contributed by atoms with Gasteiger partial charge in [-0.05, 0) is 36.7 Å². The van der Waals surface area contributed by atoms with E-state index >= 15 is 0 Å². The first kappa shape index (κ1) is 20.8. The minimum Gasteiger partial charge on any atom is -0.331 e. The molecule has 0 atom stereocenters. The molecule has 1 N–H and O–H groups in total. The fourth-order valence-corrected chi connectivity index (χ4v) is 4.26. The zero-order valence-electron chi connectivity index (χ0n) is 17.2. The van der Waals surface area contributed by atoms with Gasteiger partial charge in [-0.15, -0.1) is 0 Å². The molecule has 1 aliphatic rings. The fraction of sp³-hybridized carbons (Fsp3) is 0.167. The summed E-state index contributed by atoms with van der Waals surface area (Å²) < 4.78 is 2.05. The van der Waals surface area contributed by atoms with Crippen LogP contribution in [0.25, 0.3) is 17.5 Å². The van der Waals surface area contributed by atoms with Crippen LogP contribution in [0, 0.1) is 6.92 Å². The van der Waals surface area contributed by atoms with Gasteiger partial charge in [-0.2, -0.15) is 0 Å². The molecule has 0 saturated carbocycles. The van der Waals surface area contributed by atoms with E-state index in [1.165, 1.54) is 0 Å². The first-order valence-corrected chi connectivity index (χ1v) is 10.7. The van der Waals surface area contributed by atoms with Gasteiger partial charge in [0.1, 0.15) is 5.82 Å². The maximum absolute atomic E-state index is 12.7. The first-order valence-electron chi connectivity index (χ1n) is 9.88. The lowest BCUT2D eigenvalue weighted by Gasteiger charge is -2.07. The van der Waals surface area contributed by atoms with Gasteiger partial charge in [-0.25, -0.2) is 4.98 Å². The van der Waals surface area contributed by atoms with E-state index in [1.54, 1.807) is 30.3 Å². The average molecular weight is 432 g/mol. The zero-order valence-corrected chi connectivity index (χ0v) is 18.0. The molecule has 1 fully saturated rings. The summed E-state index contributed by atoms with van der Waals surface area (Å²) in [4.78, 5) is 40.7. The molecule has 2 heterocycles. The Morgan fingerprint density at radius 1 is 1.10 bits per heavy atom. The van der Waals surface area contributed by atoms with Gasteiger partial charge in [0.2, 0.25) is 0 Å². The Morgan fingerprint density at radius 3 is 2.45 bits per heavy atom. The van der Waals surface area contributed by atoms with Gasteiger partial charge in [0.25, 0.3) is 11.1 Å². The standard InChI is InChI=1S/C24H21N3O3S/c1-15-19(27(2)22(25-15)18-6-4-3-5-7-18)12-13-20(28)17-10-8-16(9-11-17)14-21-23(29)26-24(30)31-21/h3-11,14H,12-13H2,1-2H3,(H,26,29,30). The summed E-state index contributed by atoms with van der Waals surface area (Å²) in [5, 5.41) is 1.85. The van der Waals surface area contributed by atoms with Gasteiger partial charge in [-0.3, -0.25) is 19.7 Å². The summed E-state index contributed by atoms with van der Waals surface area (Å²) in [6, 6.07) is 17.0. The lowest BCUT2D eigenvalue weighted by atomic mass is 10.0. The predicted molar refractivity (Wildman–Crippen MR) is 122 cm³/mol. The number of imidazole rings is 1. The maximum Gasteiger partial charge on any atom is 0.290 e. The Kier molecular flexibility index (Phi) is 5.86. The van der Waals surface area contributed by atoms with E-state index in [2.05, 4.69) is 14.9 Å². The molecule has 1 saturated heterocycles. The van der Waals surface area contributed by atoms with E-state index in [-0.39, 0.29) is 11.0 Å². The number of nitrogens with zero attached hydrogens (tertiary/aromatic N) is 2. The summed E-state index contributed by atoms with van der Waals surface area (Å²) in [5.41, 5.74) is 4.40. The lowest BCUT2D eigenvalue weighted by molar-refractivity contribution is -0.115. The molecule has 7 heteroatoms. The minimum absolute atomic E-state index is 0.0456. The van der Waals surface area contributed by atoms with Crippen molar-refractivity contribution in [3.63, 3.8) is 0 Å². The Bertz CT molecular complexity index is 1190. The largest absolute Gasteiger partial charge is 0.331 e. The van der Waals surface area contributed by atoms with Crippen molar-refractivity contribution in [3.05, 3.63) is 82.0 Å². The van der Waals surface area contributed by atoms with Crippen LogP contribution >= 0.6 is 11.8 Å². The summed E-state index contributed by atoms with van der Waals surface area (Å²) in [6.45, 7) is 1.97. The third-order valence-corrected chi connectivity index (χ3v) is 6.02. The number of amides is 2. The molecule has 156 valence electrons. The number of carbonyl (C=O) groups is 3. The highest BCUT2D eigenvalue weighted by Gasteiger charge is 2.24. The molecular weight excluding hydrogens is 410 g/mol. The smallest absolute Gasteiger partial charge is 0.290 e. The van der Waals surface area contributed by atoms with E-state index in [0.717, 1.165) is 40.1 Å². The summed E-state index contributed by atoms with van der Waals surface area (Å²) in [5.74, 6) is 0.547. The number of carbonyl (C=O) groups excluding carboxylic acids is 3. The lowest BCUT2D eigenvalue weighted by Crippen LogP contribution is -2.17. The van der Waals surface area contributed by atoms with Crippen LogP contribution in [-0.4, -0.2) is 26.5 Å². The van der Waals surface area contributed by atoms with Gasteiger partial charge in [0.05, 0.1) is 10.6 Å². The molecule has 2 amide bonds. The second-order valence-corrected chi connectivity index (χ2v) is 8.30.